The van der Waals surface area contributed by atoms with Crippen molar-refractivity contribution in [1.29, 1.82) is 0 Å². The molecule has 0 saturated heterocycles. The molecule has 0 bridgehead atoms. The Kier molecular flexibility index (Phi) is 4.55. The van der Waals surface area contributed by atoms with Crippen molar-refractivity contribution in [2.75, 3.05) is 11.1 Å². The third-order valence-electron chi connectivity index (χ3n) is 4.72. The molecule has 25 heavy (non-hydrogen) atoms. The molecule has 4 N–H and O–H groups in total. The summed E-state index contributed by atoms with van der Waals surface area (Å²) >= 11 is 7.03. The van der Waals surface area contributed by atoms with Gasteiger partial charge in [0.2, 0.25) is 0 Å². The van der Waals surface area contributed by atoms with Crippen molar-refractivity contribution < 1.29 is 0 Å². The average molecular weight is 369 g/mol. The molecule has 4 nitrogen and oxygen atoms in total. The molecule has 0 amide bonds. The normalized spacial score (nSPS) is 19.8. The van der Waals surface area contributed by atoms with E-state index >= 15 is 0 Å². The lowest BCUT2D eigenvalue weighted by Gasteiger charge is -2.23. The molecule has 2 unspecified atom stereocenters. The van der Waals surface area contributed by atoms with Gasteiger partial charge in [-0.25, -0.2) is 4.98 Å². The molecule has 128 valence electrons. The number of benzene rings is 2. The largest absolute Gasteiger partial charge is 0.375 e. The summed E-state index contributed by atoms with van der Waals surface area (Å²) in [5, 5.41) is 8.04. The summed E-state index contributed by atoms with van der Waals surface area (Å²) in [7, 11) is 0. The number of nitrogens with one attached hydrogen (secondary N) is 2. The van der Waals surface area contributed by atoms with Crippen molar-refractivity contribution >= 4 is 49.7 Å². The number of thiazole rings is 1. The monoisotopic (exact) mass is 368 g/mol. The number of thiocarbonyl (C=S) groups is 1. The van der Waals surface area contributed by atoms with Gasteiger partial charge in [-0.3, -0.25) is 0 Å². The number of hydrogen-bond donors (Lipinski definition) is 3. The predicted molar refractivity (Wildman–Crippen MR) is 110 cm³/mol. The van der Waals surface area contributed by atoms with Crippen LogP contribution in [0, 0.1) is 0 Å². The minimum Gasteiger partial charge on any atom is -0.375 e. The molecular weight excluding hydrogens is 348 g/mol. The average Bonchev–Trinajstić information content (AvgIpc) is 3.20. The van der Waals surface area contributed by atoms with E-state index in [-0.39, 0.29) is 0 Å². The van der Waals surface area contributed by atoms with Crippen LogP contribution in [0.1, 0.15) is 30.7 Å². The fourth-order valence-corrected chi connectivity index (χ4v) is 4.57. The molecule has 1 saturated carbocycles. The number of hydrogen-bond acceptors (Lipinski definition) is 4. The van der Waals surface area contributed by atoms with E-state index in [1.807, 2.05) is 18.2 Å². The molecule has 4 rings (SSSR count). The van der Waals surface area contributed by atoms with Gasteiger partial charge in [0, 0.05) is 17.6 Å². The second-order valence-electron chi connectivity index (χ2n) is 6.39. The van der Waals surface area contributed by atoms with Gasteiger partial charge in [-0.1, -0.05) is 48.1 Å². The Balaban J connectivity index is 1.44. The second kappa shape index (κ2) is 6.98. The molecule has 0 radical (unpaired) electrons. The van der Waals surface area contributed by atoms with Gasteiger partial charge in [0.05, 0.1) is 10.2 Å². The Labute approximate surface area is 156 Å². The smallest absolute Gasteiger partial charge is 0.181 e. The van der Waals surface area contributed by atoms with Crippen molar-refractivity contribution in [3.05, 3.63) is 54.1 Å². The molecule has 1 aromatic heterocycles. The first-order valence-electron chi connectivity index (χ1n) is 8.47. The van der Waals surface area contributed by atoms with E-state index in [9.17, 15) is 0 Å². The standard InChI is InChI=1S/C19H20N4S2/c20-18-22-16-11-13(9-10-17(16)25-18)21-19(24)23-15-8-4-7-14(15)12-5-2-1-3-6-12/h1-3,5-6,9-11,14-15H,4,7-8H2,(H2,20,22)(H2,21,23,24). The Bertz CT molecular complexity index is 891. The van der Waals surface area contributed by atoms with Crippen molar-refractivity contribution in [2.24, 2.45) is 0 Å². The number of fused-ring (bicyclic) bond motifs is 1. The first-order chi connectivity index (χ1) is 12.2. The van der Waals surface area contributed by atoms with Crippen molar-refractivity contribution in [1.82, 2.24) is 10.3 Å². The highest BCUT2D eigenvalue weighted by Gasteiger charge is 2.28. The lowest BCUT2D eigenvalue weighted by atomic mass is 9.94. The SMILES string of the molecule is Nc1nc2cc(NC(=S)NC3CCCC3c3ccccc3)ccc2s1. The zero-order chi connectivity index (χ0) is 17.2. The van der Waals surface area contributed by atoms with Crippen LogP contribution in [-0.4, -0.2) is 16.1 Å². The number of rotatable bonds is 3. The fraction of sp³-hybridized carbons (Fsp3) is 0.263. The summed E-state index contributed by atoms with van der Waals surface area (Å²) in [4.78, 5) is 4.33. The van der Waals surface area contributed by atoms with E-state index in [1.54, 1.807) is 0 Å². The second-order valence-corrected chi connectivity index (χ2v) is 7.86. The minimum atomic E-state index is 0.376. The van der Waals surface area contributed by atoms with E-state index in [1.165, 1.54) is 29.7 Å². The fourth-order valence-electron chi connectivity index (χ4n) is 3.59. The molecule has 1 aliphatic rings. The quantitative estimate of drug-likeness (QED) is 0.594. The van der Waals surface area contributed by atoms with Crippen LogP contribution in [0.25, 0.3) is 10.2 Å². The Morgan fingerprint density at radius 1 is 1.16 bits per heavy atom. The van der Waals surface area contributed by atoms with Crippen molar-refractivity contribution in [3.63, 3.8) is 0 Å². The third-order valence-corrected chi connectivity index (χ3v) is 5.81. The summed E-state index contributed by atoms with van der Waals surface area (Å²) in [5.41, 5.74) is 8.99. The summed E-state index contributed by atoms with van der Waals surface area (Å²) in [6.45, 7) is 0. The first kappa shape index (κ1) is 16.3. The molecule has 2 atom stereocenters. The Morgan fingerprint density at radius 3 is 2.84 bits per heavy atom. The molecule has 1 aliphatic carbocycles. The maximum absolute atomic E-state index is 5.77. The van der Waals surface area contributed by atoms with Crippen LogP contribution in [0.3, 0.4) is 0 Å². The summed E-state index contributed by atoms with van der Waals surface area (Å²) in [6, 6.07) is 17.1. The molecule has 2 aromatic carbocycles. The van der Waals surface area contributed by atoms with Crippen LogP contribution < -0.4 is 16.4 Å². The molecule has 3 aromatic rings. The van der Waals surface area contributed by atoms with E-state index < -0.39 is 0 Å². The van der Waals surface area contributed by atoms with Gasteiger partial charge in [-0.15, -0.1) is 0 Å². The zero-order valence-electron chi connectivity index (χ0n) is 13.7. The van der Waals surface area contributed by atoms with Gasteiger partial charge >= 0.3 is 0 Å². The molecule has 0 aliphatic heterocycles. The number of nitrogens with two attached hydrogens (primary N) is 1. The Morgan fingerprint density at radius 2 is 2.00 bits per heavy atom. The van der Waals surface area contributed by atoms with Gasteiger partial charge in [0.25, 0.3) is 0 Å². The van der Waals surface area contributed by atoms with Crippen LogP contribution >= 0.6 is 23.6 Å². The van der Waals surface area contributed by atoms with Gasteiger partial charge in [-0.2, -0.15) is 0 Å². The predicted octanol–water partition coefficient (Wildman–Crippen LogP) is 4.50. The highest BCUT2D eigenvalue weighted by molar-refractivity contribution is 7.80. The first-order valence-corrected chi connectivity index (χ1v) is 9.70. The maximum atomic E-state index is 5.77. The molecule has 6 heteroatoms. The topological polar surface area (TPSA) is 63.0 Å². The van der Waals surface area contributed by atoms with Crippen molar-refractivity contribution in [2.45, 2.75) is 31.2 Å². The Hall–Kier alpha value is -2.18. The van der Waals surface area contributed by atoms with Crippen LogP contribution in [0.4, 0.5) is 10.8 Å². The van der Waals surface area contributed by atoms with E-state index in [4.69, 9.17) is 18.0 Å². The highest BCUT2D eigenvalue weighted by atomic mass is 32.1. The summed E-state index contributed by atoms with van der Waals surface area (Å²) < 4.78 is 1.09. The van der Waals surface area contributed by atoms with Crippen molar-refractivity contribution in [3.8, 4) is 0 Å². The molecule has 0 spiro atoms. The highest BCUT2D eigenvalue weighted by Crippen LogP contribution is 2.34. The van der Waals surface area contributed by atoms with Gasteiger partial charge < -0.3 is 16.4 Å². The lowest BCUT2D eigenvalue weighted by molar-refractivity contribution is 0.562. The van der Waals surface area contributed by atoms with Crippen LogP contribution in [-0.2, 0) is 0 Å². The van der Waals surface area contributed by atoms with Gasteiger partial charge in [0.15, 0.2) is 10.2 Å². The lowest BCUT2D eigenvalue weighted by Crippen LogP contribution is -2.39. The van der Waals surface area contributed by atoms with E-state index in [2.05, 4.69) is 45.9 Å². The van der Waals surface area contributed by atoms with Gasteiger partial charge in [-0.05, 0) is 48.8 Å². The van der Waals surface area contributed by atoms with Crippen LogP contribution in [0.2, 0.25) is 0 Å². The molecule has 1 fully saturated rings. The molecule has 1 heterocycles. The van der Waals surface area contributed by atoms with Crippen LogP contribution in [0.5, 0.6) is 0 Å². The maximum Gasteiger partial charge on any atom is 0.181 e. The number of nitrogen functional groups attached to an aromatic ring is 1. The molecular formula is C19H20N4S2. The van der Waals surface area contributed by atoms with Crippen LogP contribution in [0.15, 0.2) is 48.5 Å². The van der Waals surface area contributed by atoms with E-state index in [0.29, 0.717) is 22.2 Å². The summed E-state index contributed by atoms with van der Waals surface area (Å²) in [6.07, 6.45) is 3.57. The van der Waals surface area contributed by atoms with E-state index in [0.717, 1.165) is 22.3 Å². The summed E-state index contributed by atoms with van der Waals surface area (Å²) in [5.74, 6) is 0.516. The number of anilines is 2. The number of nitrogens with zero attached hydrogens (tertiary/aromatic N) is 1. The minimum absolute atomic E-state index is 0.376. The van der Waals surface area contributed by atoms with Gasteiger partial charge in [0.1, 0.15) is 0 Å². The number of aromatic nitrogens is 1. The zero-order valence-corrected chi connectivity index (χ0v) is 15.4. The third kappa shape index (κ3) is 3.60.